The van der Waals surface area contributed by atoms with Crippen LogP contribution in [0.1, 0.15) is 36.5 Å². The molecular formula is C23H33N3O3S. The maximum atomic E-state index is 11.8. The van der Waals surface area contributed by atoms with E-state index in [2.05, 4.69) is 27.8 Å². The predicted molar refractivity (Wildman–Crippen MR) is 123 cm³/mol. The summed E-state index contributed by atoms with van der Waals surface area (Å²) in [6, 6.07) is 13.6. The molecule has 0 spiro atoms. The molecule has 2 aromatic rings. The smallest absolute Gasteiger partial charge is 0.191 e. The van der Waals surface area contributed by atoms with Gasteiger partial charge in [0.2, 0.25) is 0 Å². The highest BCUT2D eigenvalue weighted by atomic mass is 32.2. The molecule has 0 fully saturated rings. The lowest BCUT2D eigenvalue weighted by atomic mass is 10.1. The molecule has 30 heavy (non-hydrogen) atoms. The van der Waals surface area contributed by atoms with E-state index in [1.54, 1.807) is 13.2 Å². The SMILES string of the molecule is CCNC(=NCc1ccc(S(C)(=O)=O)c(C)c1)NCCCCc1ccc(OC)cc1. The van der Waals surface area contributed by atoms with E-state index in [0.29, 0.717) is 11.4 Å². The molecule has 2 N–H and O–H groups in total. The van der Waals surface area contributed by atoms with Crippen LogP contribution in [0.2, 0.25) is 0 Å². The third-order valence-electron chi connectivity index (χ3n) is 4.75. The van der Waals surface area contributed by atoms with E-state index in [-0.39, 0.29) is 0 Å². The molecular weight excluding hydrogens is 398 g/mol. The predicted octanol–water partition coefficient (Wildman–Crippen LogP) is 3.49. The summed E-state index contributed by atoms with van der Waals surface area (Å²) in [4.78, 5) is 4.99. The van der Waals surface area contributed by atoms with Crippen LogP contribution in [0.15, 0.2) is 52.4 Å². The standard InChI is InChI=1S/C23H33N3O3S/c1-5-24-23(25-15-7-6-8-19-9-12-21(29-3)13-10-19)26-17-20-11-14-22(18(2)16-20)30(4,27)28/h9-14,16H,5-8,15,17H2,1-4H3,(H2,24,25,26). The average molecular weight is 432 g/mol. The van der Waals surface area contributed by atoms with E-state index >= 15 is 0 Å². The maximum Gasteiger partial charge on any atom is 0.191 e. The Morgan fingerprint density at radius 2 is 1.73 bits per heavy atom. The van der Waals surface area contributed by atoms with Crippen LogP contribution in [-0.2, 0) is 22.8 Å². The van der Waals surface area contributed by atoms with Crippen molar-refractivity contribution < 1.29 is 13.2 Å². The van der Waals surface area contributed by atoms with Crippen LogP contribution in [0, 0.1) is 6.92 Å². The number of unbranched alkanes of at least 4 members (excludes halogenated alkanes) is 1. The Balaban J connectivity index is 1.83. The van der Waals surface area contributed by atoms with Gasteiger partial charge in [0, 0.05) is 19.3 Å². The monoisotopic (exact) mass is 431 g/mol. The number of sulfone groups is 1. The highest BCUT2D eigenvalue weighted by molar-refractivity contribution is 7.90. The van der Waals surface area contributed by atoms with Crippen molar-refractivity contribution in [1.82, 2.24) is 10.6 Å². The van der Waals surface area contributed by atoms with E-state index in [4.69, 9.17) is 4.74 Å². The molecule has 2 aromatic carbocycles. The topological polar surface area (TPSA) is 79.8 Å². The molecule has 6 nitrogen and oxygen atoms in total. The first kappa shape index (κ1) is 23.7. The number of rotatable bonds is 10. The molecule has 0 atom stereocenters. The summed E-state index contributed by atoms with van der Waals surface area (Å²) in [5.41, 5.74) is 3.04. The van der Waals surface area contributed by atoms with Crippen LogP contribution in [0.3, 0.4) is 0 Å². The molecule has 0 aliphatic heterocycles. The number of guanidine groups is 1. The molecule has 0 aliphatic rings. The van der Waals surface area contributed by atoms with Gasteiger partial charge in [0.1, 0.15) is 5.75 Å². The molecule has 164 valence electrons. The van der Waals surface area contributed by atoms with Gasteiger partial charge >= 0.3 is 0 Å². The molecule has 0 bridgehead atoms. The third kappa shape index (κ3) is 7.71. The number of aliphatic imine (C=N–C) groups is 1. The van der Waals surface area contributed by atoms with Crippen molar-refractivity contribution in [3.63, 3.8) is 0 Å². The van der Waals surface area contributed by atoms with Gasteiger partial charge < -0.3 is 15.4 Å². The molecule has 0 saturated heterocycles. The molecule has 0 aliphatic carbocycles. The van der Waals surface area contributed by atoms with Gasteiger partial charge in [0.05, 0.1) is 18.6 Å². The fraction of sp³-hybridized carbons (Fsp3) is 0.435. The molecule has 0 radical (unpaired) electrons. The van der Waals surface area contributed by atoms with Gasteiger partial charge in [0.15, 0.2) is 15.8 Å². The molecule has 7 heteroatoms. The van der Waals surface area contributed by atoms with Gasteiger partial charge in [-0.15, -0.1) is 0 Å². The zero-order valence-electron chi connectivity index (χ0n) is 18.4. The van der Waals surface area contributed by atoms with Gasteiger partial charge in [-0.05, 0) is 68.0 Å². The van der Waals surface area contributed by atoms with E-state index in [0.717, 1.165) is 55.2 Å². The Hall–Kier alpha value is -2.54. The number of aryl methyl sites for hydroxylation is 2. The van der Waals surface area contributed by atoms with Gasteiger partial charge in [-0.1, -0.05) is 24.3 Å². The van der Waals surface area contributed by atoms with Crippen molar-refractivity contribution in [1.29, 1.82) is 0 Å². The average Bonchev–Trinajstić information content (AvgIpc) is 2.71. The number of hydrogen-bond donors (Lipinski definition) is 2. The minimum atomic E-state index is -3.20. The van der Waals surface area contributed by atoms with E-state index in [1.807, 2.05) is 38.1 Å². The van der Waals surface area contributed by atoms with Crippen molar-refractivity contribution in [3.8, 4) is 5.75 Å². The summed E-state index contributed by atoms with van der Waals surface area (Å²) in [7, 11) is -1.52. The largest absolute Gasteiger partial charge is 0.497 e. The summed E-state index contributed by atoms with van der Waals surface area (Å²) >= 11 is 0. The van der Waals surface area contributed by atoms with E-state index in [9.17, 15) is 8.42 Å². The highest BCUT2D eigenvalue weighted by Crippen LogP contribution is 2.17. The maximum absolute atomic E-state index is 11.8. The zero-order chi connectivity index (χ0) is 22.0. The lowest BCUT2D eigenvalue weighted by Gasteiger charge is -2.12. The Labute approximate surface area is 180 Å². The van der Waals surface area contributed by atoms with Crippen LogP contribution < -0.4 is 15.4 Å². The molecule has 2 rings (SSSR count). The highest BCUT2D eigenvalue weighted by Gasteiger charge is 2.10. The Kier molecular flexibility index (Phi) is 9.17. The Morgan fingerprint density at radius 3 is 2.33 bits per heavy atom. The molecule has 0 amide bonds. The summed E-state index contributed by atoms with van der Waals surface area (Å²) < 4.78 is 28.7. The number of nitrogens with zero attached hydrogens (tertiary/aromatic N) is 1. The number of ether oxygens (including phenoxy) is 1. The van der Waals surface area contributed by atoms with E-state index in [1.165, 1.54) is 11.8 Å². The van der Waals surface area contributed by atoms with Crippen LogP contribution in [0.5, 0.6) is 5.75 Å². The van der Waals surface area contributed by atoms with E-state index < -0.39 is 9.84 Å². The van der Waals surface area contributed by atoms with Crippen LogP contribution in [0.25, 0.3) is 0 Å². The number of methoxy groups -OCH3 is 1. The van der Waals surface area contributed by atoms with Gasteiger partial charge in [-0.25, -0.2) is 13.4 Å². The van der Waals surface area contributed by atoms with Crippen LogP contribution in [0.4, 0.5) is 0 Å². The number of benzene rings is 2. The number of hydrogen-bond acceptors (Lipinski definition) is 4. The second kappa shape index (κ2) is 11.6. The number of nitrogens with one attached hydrogen (secondary N) is 2. The van der Waals surface area contributed by atoms with Crippen LogP contribution >= 0.6 is 0 Å². The second-order valence-electron chi connectivity index (χ2n) is 7.30. The van der Waals surface area contributed by atoms with Crippen molar-refractivity contribution in [2.24, 2.45) is 4.99 Å². The second-order valence-corrected chi connectivity index (χ2v) is 9.28. The quantitative estimate of drug-likeness (QED) is 0.342. The summed E-state index contributed by atoms with van der Waals surface area (Å²) in [6.07, 6.45) is 4.39. The fourth-order valence-electron chi connectivity index (χ4n) is 3.19. The molecule has 0 heterocycles. The Bertz CT molecular complexity index is 939. The first-order valence-corrected chi connectivity index (χ1v) is 12.2. The normalized spacial score (nSPS) is 11.9. The van der Waals surface area contributed by atoms with Gasteiger partial charge in [-0.2, -0.15) is 0 Å². The van der Waals surface area contributed by atoms with Crippen LogP contribution in [-0.4, -0.2) is 40.8 Å². The minimum Gasteiger partial charge on any atom is -0.497 e. The molecule has 0 unspecified atom stereocenters. The summed E-state index contributed by atoms with van der Waals surface area (Å²) in [5.74, 6) is 1.65. The van der Waals surface area contributed by atoms with Crippen molar-refractivity contribution in [2.75, 3.05) is 26.5 Å². The molecule has 0 aromatic heterocycles. The summed E-state index contributed by atoms with van der Waals surface area (Å²) in [5, 5.41) is 6.62. The Morgan fingerprint density at radius 1 is 1.03 bits per heavy atom. The lowest BCUT2D eigenvalue weighted by molar-refractivity contribution is 0.414. The van der Waals surface area contributed by atoms with Gasteiger partial charge in [0.25, 0.3) is 0 Å². The fourth-order valence-corrected chi connectivity index (χ4v) is 4.15. The zero-order valence-corrected chi connectivity index (χ0v) is 19.2. The molecule has 0 saturated carbocycles. The van der Waals surface area contributed by atoms with Gasteiger partial charge in [-0.3, -0.25) is 0 Å². The summed E-state index contributed by atoms with van der Waals surface area (Å²) in [6.45, 7) is 5.96. The first-order chi connectivity index (χ1) is 14.3. The third-order valence-corrected chi connectivity index (χ3v) is 6.00. The van der Waals surface area contributed by atoms with Crippen molar-refractivity contribution in [3.05, 3.63) is 59.2 Å². The van der Waals surface area contributed by atoms with Crippen molar-refractivity contribution >= 4 is 15.8 Å². The minimum absolute atomic E-state index is 0.372. The first-order valence-electron chi connectivity index (χ1n) is 10.3. The lowest BCUT2D eigenvalue weighted by Crippen LogP contribution is -2.37. The van der Waals surface area contributed by atoms with Crippen molar-refractivity contribution in [2.45, 2.75) is 44.6 Å².